The molecule has 0 aromatic heterocycles. The van der Waals surface area contributed by atoms with Crippen molar-refractivity contribution in [2.75, 3.05) is 40.0 Å². The first-order chi connectivity index (χ1) is 8.37. The Balaban J connectivity index is 2.56. The molecule has 1 fully saturated rings. The van der Waals surface area contributed by atoms with Crippen LogP contribution in [0.4, 0.5) is 4.79 Å². The van der Waals surface area contributed by atoms with Crippen LogP contribution in [0.5, 0.6) is 0 Å². The number of hydrogen-bond acceptors (Lipinski definition) is 5. The minimum atomic E-state index is -0.459. The first-order valence-electron chi connectivity index (χ1n) is 6.28. The number of piperazine rings is 1. The number of nitrogens with zero attached hydrogens (tertiary/aromatic N) is 2. The summed E-state index contributed by atoms with van der Waals surface area (Å²) in [6.45, 7) is 8.65. The van der Waals surface area contributed by atoms with Crippen LogP contribution in [0.2, 0.25) is 0 Å². The normalized spacial score (nSPS) is 22.1. The van der Waals surface area contributed by atoms with Gasteiger partial charge in [0.1, 0.15) is 5.60 Å². The predicted octanol–water partition coefficient (Wildman–Crippen LogP) is 0.470. The summed E-state index contributed by atoms with van der Waals surface area (Å²) < 4.78 is 10.5. The van der Waals surface area contributed by atoms with Gasteiger partial charge in [0.2, 0.25) is 0 Å². The average Bonchev–Trinajstić information content (AvgIpc) is 2.27. The van der Waals surface area contributed by atoms with Crippen molar-refractivity contribution in [1.29, 1.82) is 0 Å². The Hall–Kier alpha value is -0.850. The van der Waals surface area contributed by atoms with Gasteiger partial charge in [0.05, 0.1) is 12.6 Å². The highest BCUT2D eigenvalue weighted by Gasteiger charge is 2.31. The van der Waals surface area contributed by atoms with Gasteiger partial charge in [-0.05, 0) is 20.8 Å². The summed E-state index contributed by atoms with van der Waals surface area (Å²) in [4.78, 5) is 15.8. The topological polar surface area (TPSA) is 68.0 Å². The van der Waals surface area contributed by atoms with E-state index >= 15 is 0 Å². The summed E-state index contributed by atoms with van der Waals surface area (Å²) in [6, 6.07) is 0.140. The zero-order valence-electron chi connectivity index (χ0n) is 11.8. The smallest absolute Gasteiger partial charge is 0.410 e. The number of carbonyl (C=O) groups excluding carboxylic acids is 1. The van der Waals surface area contributed by atoms with E-state index in [1.54, 1.807) is 12.0 Å². The van der Waals surface area contributed by atoms with Crippen molar-refractivity contribution in [2.45, 2.75) is 32.4 Å². The van der Waals surface area contributed by atoms with Crippen LogP contribution in [0.3, 0.4) is 0 Å². The van der Waals surface area contributed by atoms with Crippen molar-refractivity contribution in [3.8, 4) is 0 Å². The fourth-order valence-electron chi connectivity index (χ4n) is 1.98. The van der Waals surface area contributed by atoms with Crippen molar-refractivity contribution >= 4 is 6.09 Å². The van der Waals surface area contributed by atoms with Crippen LogP contribution in [0.1, 0.15) is 20.8 Å². The highest BCUT2D eigenvalue weighted by atomic mass is 16.6. The van der Waals surface area contributed by atoms with E-state index < -0.39 is 5.60 Å². The van der Waals surface area contributed by atoms with E-state index in [2.05, 4.69) is 4.90 Å². The Morgan fingerprint density at radius 1 is 1.39 bits per heavy atom. The van der Waals surface area contributed by atoms with Gasteiger partial charge in [0.15, 0.2) is 0 Å². The van der Waals surface area contributed by atoms with Crippen molar-refractivity contribution in [3.05, 3.63) is 0 Å². The fraction of sp³-hybridized carbons (Fsp3) is 0.917. The fourth-order valence-corrected chi connectivity index (χ4v) is 1.98. The van der Waals surface area contributed by atoms with Gasteiger partial charge in [-0.15, -0.1) is 0 Å². The number of hydrogen-bond donors (Lipinski definition) is 1. The predicted molar refractivity (Wildman–Crippen MR) is 69.2 cm³/mol. The van der Waals surface area contributed by atoms with Gasteiger partial charge < -0.3 is 20.1 Å². The summed E-state index contributed by atoms with van der Waals surface area (Å²) in [5.41, 5.74) is 5.22. The zero-order valence-corrected chi connectivity index (χ0v) is 11.8. The van der Waals surface area contributed by atoms with Gasteiger partial charge in [-0.2, -0.15) is 0 Å². The molecule has 1 rings (SSSR count). The maximum atomic E-state index is 12.0. The number of methoxy groups -OCH3 is 1. The second-order valence-corrected chi connectivity index (χ2v) is 5.53. The Morgan fingerprint density at radius 3 is 2.56 bits per heavy atom. The van der Waals surface area contributed by atoms with E-state index in [9.17, 15) is 4.79 Å². The van der Waals surface area contributed by atoms with Crippen molar-refractivity contribution in [1.82, 2.24) is 9.80 Å². The van der Waals surface area contributed by atoms with E-state index in [1.807, 2.05) is 20.8 Å². The Morgan fingerprint density at radius 2 is 2.06 bits per heavy atom. The van der Waals surface area contributed by atoms with Gasteiger partial charge in [0, 0.05) is 33.4 Å². The van der Waals surface area contributed by atoms with Gasteiger partial charge in [-0.25, -0.2) is 4.79 Å². The summed E-state index contributed by atoms with van der Waals surface area (Å²) in [5, 5.41) is 0. The van der Waals surface area contributed by atoms with Crippen LogP contribution < -0.4 is 5.73 Å². The molecule has 1 aliphatic rings. The molecule has 2 N–H and O–H groups in total. The molecule has 18 heavy (non-hydrogen) atoms. The quantitative estimate of drug-likeness (QED) is 0.798. The molecule has 0 unspecified atom stereocenters. The van der Waals surface area contributed by atoms with E-state index in [-0.39, 0.29) is 12.1 Å². The molecule has 1 atom stereocenters. The summed E-state index contributed by atoms with van der Waals surface area (Å²) in [7, 11) is 1.65. The van der Waals surface area contributed by atoms with Crippen molar-refractivity contribution < 1.29 is 14.3 Å². The third-order valence-electron chi connectivity index (χ3n) is 2.85. The highest BCUT2D eigenvalue weighted by Crippen LogP contribution is 2.14. The number of nitrogens with two attached hydrogens (primary N) is 1. The van der Waals surface area contributed by atoms with Gasteiger partial charge in [0.25, 0.3) is 0 Å². The Bertz CT molecular complexity index is 278. The molecule has 6 heteroatoms. The summed E-state index contributed by atoms with van der Waals surface area (Å²) in [6.07, 6.45) is -0.264. The lowest BCUT2D eigenvalue weighted by atomic mass is 10.2. The maximum Gasteiger partial charge on any atom is 0.410 e. The minimum absolute atomic E-state index is 0.140. The molecular formula is C12H25N3O3. The molecule has 6 nitrogen and oxygen atoms in total. The lowest BCUT2D eigenvalue weighted by Crippen LogP contribution is -2.58. The third-order valence-corrected chi connectivity index (χ3v) is 2.85. The number of rotatable bonds is 3. The van der Waals surface area contributed by atoms with Crippen LogP contribution in [0.25, 0.3) is 0 Å². The van der Waals surface area contributed by atoms with Crippen LogP contribution in [-0.2, 0) is 9.47 Å². The molecule has 1 heterocycles. The molecule has 0 saturated carbocycles. The summed E-state index contributed by atoms with van der Waals surface area (Å²) in [5.74, 6) is 0. The minimum Gasteiger partial charge on any atom is -0.444 e. The lowest BCUT2D eigenvalue weighted by Gasteiger charge is -2.40. The maximum absolute atomic E-state index is 12.0. The standard InChI is InChI=1S/C12H25N3O3/c1-12(2,3)18-11(16)14-5-6-15(9-13)10(7-14)8-17-4/h10H,5-9,13H2,1-4H3/t10-/m1/s1. The molecule has 106 valence electrons. The molecule has 0 aliphatic carbocycles. The SMILES string of the molecule is COC[C@H]1CN(C(=O)OC(C)(C)C)CCN1CN. The van der Waals surface area contributed by atoms with Gasteiger partial charge in [-0.3, -0.25) is 4.90 Å². The van der Waals surface area contributed by atoms with Crippen LogP contribution in [0.15, 0.2) is 0 Å². The molecule has 0 spiro atoms. The van der Waals surface area contributed by atoms with Gasteiger partial charge >= 0.3 is 6.09 Å². The molecule has 0 aromatic carbocycles. The molecular weight excluding hydrogens is 234 g/mol. The summed E-state index contributed by atoms with van der Waals surface area (Å²) >= 11 is 0. The van der Waals surface area contributed by atoms with Crippen molar-refractivity contribution in [3.63, 3.8) is 0 Å². The third kappa shape index (κ3) is 4.44. The molecule has 1 saturated heterocycles. The van der Waals surface area contributed by atoms with Crippen LogP contribution >= 0.6 is 0 Å². The second-order valence-electron chi connectivity index (χ2n) is 5.53. The molecule has 1 aliphatic heterocycles. The van der Waals surface area contributed by atoms with Crippen molar-refractivity contribution in [2.24, 2.45) is 5.73 Å². The van der Waals surface area contributed by atoms with E-state index in [0.717, 1.165) is 6.54 Å². The number of ether oxygens (including phenoxy) is 2. The van der Waals surface area contributed by atoms with Crippen LogP contribution in [-0.4, -0.2) is 67.6 Å². The molecule has 0 bridgehead atoms. The van der Waals surface area contributed by atoms with Crippen LogP contribution in [0, 0.1) is 0 Å². The second kappa shape index (κ2) is 6.36. The Kier molecular flexibility index (Phi) is 5.37. The molecule has 1 amide bonds. The number of amides is 1. The van der Waals surface area contributed by atoms with E-state index in [0.29, 0.717) is 26.4 Å². The molecule has 0 radical (unpaired) electrons. The monoisotopic (exact) mass is 259 g/mol. The lowest BCUT2D eigenvalue weighted by molar-refractivity contribution is -0.00818. The largest absolute Gasteiger partial charge is 0.444 e. The Labute approximate surface area is 109 Å². The average molecular weight is 259 g/mol. The van der Waals surface area contributed by atoms with Gasteiger partial charge in [-0.1, -0.05) is 0 Å². The number of carbonyl (C=O) groups is 1. The highest BCUT2D eigenvalue weighted by molar-refractivity contribution is 5.68. The first-order valence-corrected chi connectivity index (χ1v) is 6.28. The van der Waals surface area contributed by atoms with E-state index in [1.165, 1.54) is 0 Å². The van der Waals surface area contributed by atoms with E-state index in [4.69, 9.17) is 15.2 Å². The molecule has 0 aromatic rings. The first kappa shape index (κ1) is 15.2. The zero-order chi connectivity index (χ0) is 13.8.